The fraction of sp³-hybridized carbons (Fsp3) is 0.923. The first-order chi connectivity index (χ1) is 9.52. The van der Waals surface area contributed by atoms with Gasteiger partial charge in [-0.05, 0) is 31.8 Å². The van der Waals surface area contributed by atoms with Crippen molar-refractivity contribution in [2.45, 2.75) is 32.2 Å². The van der Waals surface area contributed by atoms with Crippen molar-refractivity contribution in [3.63, 3.8) is 0 Å². The van der Waals surface area contributed by atoms with Crippen LogP contribution in [0.15, 0.2) is 0 Å². The number of nitrogens with zero attached hydrogens (tertiary/aromatic N) is 2. The van der Waals surface area contributed by atoms with Crippen LogP contribution >= 0.6 is 11.8 Å². The summed E-state index contributed by atoms with van der Waals surface area (Å²) < 4.78 is 24.7. The average molecular weight is 309 g/mol. The molecular weight excluding hydrogens is 284 g/mol. The maximum absolute atomic E-state index is 12.4. The van der Waals surface area contributed by atoms with E-state index in [1.807, 2.05) is 13.2 Å². The lowest BCUT2D eigenvalue weighted by molar-refractivity contribution is 0.0903. The Morgan fingerprint density at radius 1 is 1.30 bits per heavy atom. The van der Waals surface area contributed by atoms with Crippen molar-refractivity contribution in [3.8, 4) is 0 Å². The second-order valence-corrected chi connectivity index (χ2v) is 6.15. The van der Waals surface area contributed by atoms with Gasteiger partial charge >= 0.3 is 6.03 Å². The van der Waals surface area contributed by atoms with Crippen molar-refractivity contribution in [1.82, 2.24) is 15.1 Å². The highest BCUT2D eigenvalue weighted by Gasteiger charge is 2.21. The van der Waals surface area contributed by atoms with E-state index >= 15 is 0 Å². The Hall–Kier alpha value is -0.560. The SMILES string of the molecule is CSCCC(C)NC(=O)N1CCCN(CC(F)F)CC1. The molecule has 7 heteroatoms. The number of urea groups is 1. The van der Waals surface area contributed by atoms with Crippen LogP contribution in [0.25, 0.3) is 0 Å². The van der Waals surface area contributed by atoms with E-state index in [9.17, 15) is 13.6 Å². The first-order valence-electron chi connectivity index (χ1n) is 7.07. The predicted octanol–water partition coefficient (Wildman–Crippen LogP) is 2.11. The monoisotopic (exact) mass is 309 g/mol. The number of alkyl halides is 2. The normalized spacial score (nSPS) is 18.9. The van der Waals surface area contributed by atoms with Gasteiger partial charge in [0.05, 0.1) is 6.54 Å². The third kappa shape index (κ3) is 6.74. The Labute approximate surface area is 124 Å². The van der Waals surface area contributed by atoms with Crippen molar-refractivity contribution in [1.29, 1.82) is 0 Å². The van der Waals surface area contributed by atoms with Gasteiger partial charge in [0.1, 0.15) is 0 Å². The molecule has 1 aliphatic heterocycles. The van der Waals surface area contributed by atoms with Gasteiger partial charge in [-0.25, -0.2) is 13.6 Å². The summed E-state index contributed by atoms with van der Waals surface area (Å²) in [6, 6.07) is 0.0767. The second-order valence-electron chi connectivity index (χ2n) is 5.16. The minimum absolute atomic E-state index is 0.0718. The number of carbonyl (C=O) groups is 1. The van der Waals surface area contributed by atoms with Crippen molar-refractivity contribution in [2.75, 3.05) is 44.7 Å². The molecule has 0 aliphatic carbocycles. The molecule has 0 aromatic carbocycles. The lowest BCUT2D eigenvalue weighted by Crippen LogP contribution is -2.45. The van der Waals surface area contributed by atoms with E-state index in [2.05, 4.69) is 5.32 Å². The number of hydrogen-bond acceptors (Lipinski definition) is 3. The molecule has 2 amide bonds. The van der Waals surface area contributed by atoms with Crippen LogP contribution in [0.3, 0.4) is 0 Å². The maximum Gasteiger partial charge on any atom is 0.317 e. The van der Waals surface area contributed by atoms with Gasteiger partial charge in [0.15, 0.2) is 0 Å². The van der Waals surface area contributed by atoms with Crippen molar-refractivity contribution < 1.29 is 13.6 Å². The van der Waals surface area contributed by atoms with Crippen LogP contribution in [0.1, 0.15) is 19.8 Å². The van der Waals surface area contributed by atoms with E-state index < -0.39 is 6.43 Å². The molecule has 4 nitrogen and oxygen atoms in total. The molecule has 0 saturated carbocycles. The van der Waals surface area contributed by atoms with Gasteiger partial charge in [-0.2, -0.15) is 11.8 Å². The van der Waals surface area contributed by atoms with Gasteiger partial charge in [0.2, 0.25) is 0 Å². The fourth-order valence-corrected chi connectivity index (χ4v) is 2.81. The van der Waals surface area contributed by atoms with Crippen molar-refractivity contribution in [3.05, 3.63) is 0 Å². The van der Waals surface area contributed by atoms with Crippen molar-refractivity contribution in [2.24, 2.45) is 0 Å². The number of hydrogen-bond donors (Lipinski definition) is 1. The minimum Gasteiger partial charge on any atom is -0.336 e. The molecule has 20 heavy (non-hydrogen) atoms. The number of carbonyl (C=O) groups excluding carboxylic acids is 1. The molecule has 1 heterocycles. The van der Waals surface area contributed by atoms with Gasteiger partial charge in [-0.3, -0.25) is 4.90 Å². The highest BCUT2D eigenvalue weighted by Crippen LogP contribution is 2.07. The molecule has 1 unspecified atom stereocenters. The summed E-state index contributed by atoms with van der Waals surface area (Å²) in [4.78, 5) is 15.6. The first-order valence-corrected chi connectivity index (χ1v) is 8.47. The lowest BCUT2D eigenvalue weighted by atomic mass is 10.2. The summed E-state index contributed by atoms with van der Waals surface area (Å²) in [5.74, 6) is 1.02. The van der Waals surface area contributed by atoms with Crippen LogP contribution in [-0.4, -0.2) is 73.0 Å². The largest absolute Gasteiger partial charge is 0.336 e. The number of halogens is 2. The van der Waals surface area contributed by atoms with Crippen LogP contribution < -0.4 is 5.32 Å². The van der Waals surface area contributed by atoms with E-state index in [-0.39, 0.29) is 18.6 Å². The average Bonchev–Trinajstić information content (AvgIpc) is 2.61. The molecule has 1 atom stereocenters. The Kier molecular flexibility index (Phi) is 8.21. The Balaban J connectivity index is 2.34. The van der Waals surface area contributed by atoms with Gasteiger partial charge in [0, 0.05) is 32.2 Å². The molecule has 0 bridgehead atoms. The molecule has 0 aromatic rings. The third-order valence-corrected chi connectivity index (χ3v) is 4.04. The van der Waals surface area contributed by atoms with Crippen LogP contribution in [0, 0.1) is 0 Å². The molecule has 1 N–H and O–H groups in total. The smallest absolute Gasteiger partial charge is 0.317 e. The quantitative estimate of drug-likeness (QED) is 0.816. The standard InChI is InChI=1S/C13H25F2N3OS/c1-11(4-9-20-2)16-13(19)18-6-3-5-17(7-8-18)10-12(14)15/h11-12H,3-10H2,1-2H3,(H,16,19). The van der Waals surface area contributed by atoms with E-state index in [0.717, 1.165) is 18.6 Å². The highest BCUT2D eigenvalue weighted by atomic mass is 32.2. The molecule has 0 spiro atoms. The van der Waals surface area contributed by atoms with Crippen LogP contribution in [0.5, 0.6) is 0 Å². The zero-order valence-electron chi connectivity index (χ0n) is 12.3. The van der Waals surface area contributed by atoms with Gasteiger partial charge in [-0.1, -0.05) is 0 Å². The molecule has 118 valence electrons. The number of amides is 2. The number of thioether (sulfide) groups is 1. The van der Waals surface area contributed by atoms with E-state index in [4.69, 9.17) is 0 Å². The Bertz CT molecular complexity index is 295. The minimum atomic E-state index is -2.30. The molecule has 1 fully saturated rings. The molecule has 1 saturated heterocycles. The maximum atomic E-state index is 12.4. The topological polar surface area (TPSA) is 35.6 Å². The lowest BCUT2D eigenvalue weighted by Gasteiger charge is -2.24. The molecule has 1 aliphatic rings. The summed E-state index contributed by atoms with van der Waals surface area (Å²) in [5.41, 5.74) is 0. The van der Waals surface area contributed by atoms with Gasteiger partial charge in [-0.15, -0.1) is 0 Å². The molecule has 0 aromatic heterocycles. The van der Waals surface area contributed by atoms with E-state index in [1.165, 1.54) is 0 Å². The summed E-state index contributed by atoms with van der Waals surface area (Å²) in [7, 11) is 0. The second kappa shape index (κ2) is 9.39. The first kappa shape index (κ1) is 17.5. The summed E-state index contributed by atoms with van der Waals surface area (Å²) >= 11 is 1.76. The fourth-order valence-electron chi connectivity index (χ4n) is 2.22. The van der Waals surface area contributed by atoms with E-state index in [1.54, 1.807) is 21.6 Å². The van der Waals surface area contributed by atoms with Crippen LogP contribution in [0.2, 0.25) is 0 Å². The van der Waals surface area contributed by atoms with Crippen LogP contribution in [-0.2, 0) is 0 Å². The summed E-state index contributed by atoms with van der Waals surface area (Å²) in [5, 5.41) is 2.97. The summed E-state index contributed by atoms with van der Waals surface area (Å²) in [6.07, 6.45) is 1.43. The Morgan fingerprint density at radius 2 is 2.05 bits per heavy atom. The zero-order chi connectivity index (χ0) is 15.0. The van der Waals surface area contributed by atoms with E-state index in [0.29, 0.717) is 26.2 Å². The highest BCUT2D eigenvalue weighted by molar-refractivity contribution is 7.98. The number of nitrogens with one attached hydrogen (secondary N) is 1. The summed E-state index contributed by atoms with van der Waals surface area (Å²) in [6.45, 7) is 4.12. The van der Waals surface area contributed by atoms with Gasteiger partial charge in [0.25, 0.3) is 6.43 Å². The molecular formula is C13H25F2N3OS. The molecule has 0 radical (unpaired) electrons. The van der Waals surface area contributed by atoms with Crippen LogP contribution in [0.4, 0.5) is 13.6 Å². The Morgan fingerprint density at radius 3 is 2.70 bits per heavy atom. The number of rotatable bonds is 6. The predicted molar refractivity (Wildman–Crippen MR) is 79.6 cm³/mol. The zero-order valence-corrected chi connectivity index (χ0v) is 13.1. The third-order valence-electron chi connectivity index (χ3n) is 3.40. The van der Waals surface area contributed by atoms with Crippen molar-refractivity contribution >= 4 is 17.8 Å². The molecule has 1 rings (SSSR count). The van der Waals surface area contributed by atoms with Gasteiger partial charge < -0.3 is 10.2 Å².